The van der Waals surface area contributed by atoms with E-state index < -0.39 is 35.6 Å². The summed E-state index contributed by atoms with van der Waals surface area (Å²) >= 11 is 1.53. The number of rotatable bonds is 7. The van der Waals surface area contributed by atoms with Gasteiger partial charge in [0.15, 0.2) is 0 Å². The van der Waals surface area contributed by atoms with E-state index in [2.05, 4.69) is 0 Å². The van der Waals surface area contributed by atoms with Crippen molar-refractivity contribution in [2.24, 2.45) is 0 Å². The van der Waals surface area contributed by atoms with Crippen molar-refractivity contribution < 1.29 is 28.8 Å². The van der Waals surface area contributed by atoms with Crippen LogP contribution in [0, 0.1) is 0 Å². The van der Waals surface area contributed by atoms with E-state index in [-0.39, 0.29) is 19.3 Å². The minimum absolute atomic E-state index is 0.0222. The van der Waals surface area contributed by atoms with Crippen molar-refractivity contribution in [3.05, 3.63) is 12.2 Å². The first kappa shape index (κ1) is 17.2. The Labute approximate surface area is 136 Å². The van der Waals surface area contributed by atoms with E-state index in [1.807, 2.05) is 6.92 Å². The summed E-state index contributed by atoms with van der Waals surface area (Å²) in [7, 11) is 0. The molecule has 2 rings (SSSR count). The van der Waals surface area contributed by atoms with Crippen LogP contribution < -0.4 is 0 Å². The number of hydrogen-bond acceptors (Lipinski definition) is 7. The van der Waals surface area contributed by atoms with Crippen molar-refractivity contribution in [3.63, 3.8) is 0 Å². The molecule has 0 aromatic rings. The van der Waals surface area contributed by atoms with Crippen LogP contribution in [0.1, 0.15) is 26.2 Å². The zero-order valence-corrected chi connectivity index (χ0v) is 13.3. The van der Waals surface area contributed by atoms with Gasteiger partial charge in [0.2, 0.25) is 0 Å². The van der Waals surface area contributed by atoms with Crippen molar-refractivity contribution in [1.29, 1.82) is 0 Å². The van der Waals surface area contributed by atoms with Crippen molar-refractivity contribution >= 4 is 41.4 Å². The third-order valence-corrected chi connectivity index (χ3v) is 4.29. The van der Waals surface area contributed by atoms with Gasteiger partial charge >= 0.3 is 5.97 Å². The van der Waals surface area contributed by atoms with Crippen LogP contribution in [-0.4, -0.2) is 57.1 Å². The summed E-state index contributed by atoms with van der Waals surface area (Å²) in [5.74, 6) is -2.07. The third-order valence-electron chi connectivity index (χ3n) is 3.35. The van der Waals surface area contributed by atoms with E-state index in [9.17, 15) is 24.0 Å². The maximum atomic E-state index is 12.3. The largest absolute Gasteiger partial charge is 0.356 e. The molecule has 8 nitrogen and oxygen atoms in total. The van der Waals surface area contributed by atoms with Gasteiger partial charge in [-0.2, -0.15) is 11.8 Å². The summed E-state index contributed by atoms with van der Waals surface area (Å²) < 4.78 is 0. The second-order valence-corrected chi connectivity index (χ2v) is 6.27. The Morgan fingerprint density at radius 1 is 1.17 bits per heavy atom. The zero-order valence-electron chi connectivity index (χ0n) is 12.5. The summed E-state index contributed by atoms with van der Waals surface area (Å²) in [5, 5.41) is 0.417. The quantitative estimate of drug-likeness (QED) is 0.476. The van der Waals surface area contributed by atoms with Gasteiger partial charge in [0, 0.05) is 25.0 Å². The smallest absolute Gasteiger partial charge is 0.328 e. The Morgan fingerprint density at radius 2 is 1.74 bits per heavy atom. The molecule has 23 heavy (non-hydrogen) atoms. The van der Waals surface area contributed by atoms with E-state index >= 15 is 0 Å². The molecule has 0 radical (unpaired) electrons. The van der Waals surface area contributed by atoms with Crippen LogP contribution in [0.25, 0.3) is 0 Å². The van der Waals surface area contributed by atoms with E-state index in [1.54, 1.807) is 0 Å². The fraction of sp³-hybridized carbons (Fsp3) is 0.500. The molecule has 2 heterocycles. The normalized spacial score (nSPS) is 19.0. The molecular formula is C14H16N2O6S. The second-order valence-electron chi connectivity index (χ2n) is 4.87. The minimum Gasteiger partial charge on any atom is -0.328 e. The molecule has 4 amide bonds. The molecule has 0 N–H and O–H groups in total. The molecule has 1 unspecified atom stereocenters. The first-order valence-corrected chi connectivity index (χ1v) is 8.31. The number of hydroxylamine groups is 2. The number of amides is 4. The molecule has 0 aliphatic carbocycles. The summed E-state index contributed by atoms with van der Waals surface area (Å²) in [6.45, 7) is 1.94. The number of nitrogens with zero attached hydrogens (tertiary/aromatic N) is 2. The van der Waals surface area contributed by atoms with Crippen LogP contribution in [0.3, 0.4) is 0 Å². The number of hydrogen-bond donors (Lipinski definition) is 0. The summed E-state index contributed by atoms with van der Waals surface area (Å²) in [5.41, 5.74) is 0. The lowest BCUT2D eigenvalue weighted by molar-refractivity contribution is -0.201. The highest BCUT2D eigenvalue weighted by Crippen LogP contribution is 2.19. The first-order chi connectivity index (χ1) is 11.0. The predicted octanol–water partition coefficient (Wildman–Crippen LogP) is 0.0304. The van der Waals surface area contributed by atoms with Gasteiger partial charge < -0.3 is 4.84 Å². The highest BCUT2D eigenvalue weighted by Gasteiger charge is 2.40. The van der Waals surface area contributed by atoms with E-state index in [4.69, 9.17) is 4.84 Å². The molecule has 0 aromatic carbocycles. The molecule has 9 heteroatoms. The molecule has 1 fully saturated rings. The molecule has 124 valence electrons. The third kappa shape index (κ3) is 3.79. The Bertz CT molecular complexity index is 554. The van der Waals surface area contributed by atoms with Crippen molar-refractivity contribution in [2.45, 2.75) is 32.2 Å². The molecule has 1 saturated heterocycles. The van der Waals surface area contributed by atoms with Crippen LogP contribution in [0.5, 0.6) is 0 Å². The van der Waals surface area contributed by atoms with E-state index in [0.717, 1.165) is 22.8 Å². The van der Waals surface area contributed by atoms with Crippen molar-refractivity contribution in [2.75, 3.05) is 11.5 Å². The van der Waals surface area contributed by atoms with Crippen LogP contribution in [-0.2, 0) is 28.8 Å². The number of imide groups is 2. The lowest BCUT2D eigenvalue weighted by Crippen LogP contribution is -2.48. The number of thioether (sulfide) groups is 1. The highest BCUT2D eigenvalue weighted by molar-refractivity contribution is 7.99. The summed E-state index contributed by atoms with van der Waals surface area (Å²) in [6.07, 6.45) is 2.29. The fourth-order valence-corrected chi connectivity index (χ4v) is 2.90. The standard InChI is InChI=1S/C14H16N2O6S/c1-2-23-8-7-9(15-10(17)3-4-11(15)18)14(21)22-16-12(19)5-6-13(16)20/h3-4,9H,2,5-8H2,1H3. The molecule has 0 aromatic heterocycles. The molecular weight excluding hydrogens is 324 g/mol. The number of carbonyl (C=O) groups is 5. The first-order valence-electron chi connectivity index (χ1n) is 7.16. The Kier molecular flexibility index (Phi) is 5.54. The molecule has 2 aliphatic heterocycles. The monoisotopic (exact) mass is 340 g/mol. The van der Waals surface area contributed by atoms with Gasteiger partial charge in [0.05, 0.1) is 0 Å². The second kappa shape index (κ2) is 7.40. The highest BCUT2D eigenvalue weighted by atomic mass is 32.2. The topological polar surface area (TPSA) is 101 Å². The molecule has 1 atom stereocenters. The van der Waals surface area contributed by atoms with Gasteiger partial charge in [-0.1, -0.05) is 6.92 Å². The van der Waals surface area contributed by atoms with Crippen LogP contribution in [0.4, 0.5) is 0 Å². The van der Waals surface area contributed by atoms with Gasteiger partial charge in [0.25, 0.3) is 23.6 Å². The maximum absolute atomic E-state index is 12.3. The molecule has 0 bridgehead atoms. The van der Waals surface area contributed by atoms with Gasteiger partial charge in [0.1, 0.15) is 6.04 Å². The van der Waals surface area contributed by atoms with Crippen LogP contribution >= 0.6 is 11.8 Å². The van der Waals surface area contributed by atoms with Gasteiger partial charge in [-0.15, -0.1) is 5.06 Å². The predicted molar refractivity (Wildman–Crippen MR) is 79.6 cm³/mol. The van der Waals surface area contributed by atoms with Gasteiger partial charge in [-0.3, -0.25) is 24.1 Å². The summed E-state index contributed by atoms with van der Waals surface area (Å²) in [6, 6.07) is -1.16. The Hall–Kier alpha value is -2.16. The lowest BCUT2D eigenvalue weighted by atomic mass is 10.2. The fourth-order valence-electron chi connectivity index (χ4n) is 2.22. The maximum Gasteiger partial charge on any atom is 0.356 e. The Balaban J connectivity index is 2.11. The van der Waals surface area contributed by atoms with Crippen molar-refractivity contribution in [1.82, 2.24) is 9.96 Å². The van der Waals surface area contributed by atoms with Crippen molar-refractivity contribution in [3.8, 4) is 0 Å². The van der Waals surface area contributed by atoms with Crippen LogP contribution in [0.2, 0.25) is 0 Å². The molecule has 2 aliphatic rings. The molecule has 0 saturated carbocycles. The zero-order chi connectivity index (χ0) is 17.0. The average Bonchev–Trinajstić information content (AvgIpc) is 3.00. The lowest BCUT2D eigenvalue weighted by Gasteiger charge is -2.25. The Morgan fingerprint density at radius 3 is 2.26 bits per heavy atom. The SMILES string of the molecule is CCSCCC(C(=O)ON1C(=O)CCC1=O)N1C(=O)C=CC1=O. The van der Waals surface area contributed by atoms with E-state index in [1.165, 1.54) is 11.8 Å². The van der Waals surface area contributed by atoms with Crippen LogP contribution in [0.15, 0.2) is 12.2 Å². The average molecular weight is 340 g/mol. The minimum atomic E-state index is -1.16. The van der Waals surface area contributed by atoms with Gasteiger partial charge in [-0.25, -0.2) is 4.79 Å². The molecule has 0 spiro atoms. The van der Waals surface area contributed by atoms with E-state index in [0.29, 0.717) is 10.8 Å². The number of carbonyl (C=O) groups excluding carboxylic acids is 5. The summed E-state index contributed by atoms with van der Waals surface area (Å²) in [4.78, 5) is 64.6. The van der Waals surface area contributed by atoms with Gasteiger partial charge in [-0.05, 0) is 17.9 Å².